The number of amides is 1. The van der Waals surface area contributed by atoms with E-state index >= 15 is 0 Å². The van der Waals surface area contributed by atoms with Crippen LogP contribution in [0.25, 0.3) is 0 Å². The largest absolute Gasteiger partial charge is 0.494 e. The van der Waals surface area contributed by atoms with Crippen molar-refractivity contribution in [2.24, 2.45) is 0 Å². The second-order valence-corrected chi connectivity index (χ2v) is 13.8. The van der Waals surface area contributed by atoms with Crippen molar-refractivity contribution in [3.63, 3.8) is 0 Å². The third kappa shape index (κ3) is 7.12. The Balaban J connectivity index is 1.09. The van der Waals surface area contributed by atoms with E-state index in [0.29, 0.717) is 59.9 Å². The first-order valence-electron chi connectivity index (χ1n) is 17.6. The van der Waals surface area contributed by atoms with Gasteiger partial charge in [0, 0.05) is 74.5 Å². The van der Waals surface area contributed by atoms with Crippen LogP contribution in [0.15, 0.2) is 55.4 Å². The van der Waals surface area contributed by atoms with Gasteiger partial charge < -0.3 is 20.3 Å². The number of rotatable bonds is 10. The lowest BCUT2D eigenvalue weighted by molar-refractivity contribution is -0.111. The number of hydrogen-bond acceptors (Lipinski definition) is 10. The number of nitrogens with zero attached hydrogens (tertiary/aromatic N) is 6. The van der Waals surface area contributed by atoms with Crippen molar-refractivity contribution in [1.29, 1.82) is 0 Å². The molecule has 1 amide bonds. The van der Waals surface area contributed by atoms with Crippen LogP contribution in [0.2, 0.25) is 0 Å². The highest BCUT2D eigenvalue weighted by molar-refractivity contribution is 6.02. The molecule has 50 heavy (non-hydrogen) atoms. The number of halogens is 2. The van der Waals surface area contributed by atoms with Crippen molar-refractivity contribution in [3.8, 4) is 5.75 Å². The molecular weight excluding hydrogens is 642 g/mol. The lowest BCUT2D eigenvalue weighted by atomic mass is 9.97. The summed E-state index contributed by atoms with van der Waals surface area (Å²) in [5.74, 6) is 0.00335. The van der Waals surface area contributed by atoms with E-state index in [0.717, 1.165) is 62.9 Å². The molecule has 0 unspecified atom stereocenters. The third-order valence-electron chi connectivity index (χ3n) is 10.5. The normalized spacial score (nSPS) is 23.6. The van der Waals surface area contributed by atoms with Gasteiger partial charge in [0.25, 0.3) is 0 Å². The van der Waals surface area contributed by atoms with Crippen molar-refractivity contribution < 1.29 is 23.1 Å². The number of hydroxylamine groups is 1. The summed E-state index contributed by atoms with van der Waals surface area (Å²) >= 11 is 0. The SMILES string of the molecule is C=CC(=O)Nc1cc(Nc2cc(N3OCC[C@@H]3c3cc(F)ccc3F)ncn2)c(OC)cc1N1CCC(N2C[C@H](C)N(C3CC3)C[C@@H]2C)CC1. The van der Waals surface area contributed by atoms with Gasteiger partial charge in [0.2, 0.25) is 5.91 Å². The number of piperidine rings is 1. The Morgan fingerprint density at radius 1 is 0.960 bits per heavy atom. The summed E-state index contributed by atoms with van der Waals surface area (Å²) in [4.78, 5) is 34.9. The van der Waals surface area contributed by atoms with Crippen LogP contribution in [0.3, 0.4) is 0 Å². The van der Waals surface area contributed by atoms with Gasteiger partial charge in [-0.1, -0.05) is 6.58 Å². The summed E-state index contributed by atoms with van der Waals surface area (Å²) in [6.45, 7) is 12.7. The monoisotopic (exact) mass is 688 g/mol. The van der Waals surface area contributed by atoms with Crippen LogP contribution in [0.4, 0.5) is 37.5 Å². The lowest BCUT2D eigenvalue weighted by Crippen LogP contribution is -2.61. The molecule has 0 bridgehead atoms. The van der Waals surface area contributed by atoms with Crippen LogP contribution in [0.1, 0.15) is 57.6 Å². The molecule has 11 nitrogen and oxygen atoms in total. The summed E-state index contributed by atoms with van der Waals surface area (Å²) in [6.07, 6.45) is 7.82. The molecule has 7 rings (SSSR count). The van der Waals surface area contributed by atoms with Crippen LogP contribution in [-0.4, -0.2) is 89.7 Å². The number of aromatic nitrogens is 2. The molecule has 0 spiro atoms. The Morgan fingerprint density at radius 3 is 2.36 bits per heavy atom. The second kappa shape index (κ2) is 14.5. The van der Waals surface area contributed by atoms with Crippen LogP contribution in [-0.2, 0) is 9.63 Å². The van der Waals surface area contributed by atoms with E-state index < -0.39 is 17.7 Å². The molecule has 4 aliphatic rings. The predicted octanol–water partition coefficient (Wildman–Crippen LogP) is 6.04. The van der Waals surface area contributed by atoms with E-state index in [-0.39, 0.29) is 11.5 Å². The van der Waals surface area contributed by atoms with Gasteiger partial charge in [-0.05, 0) is 69.9 Å². The number of carbonyl (C=O) groups excluding carboxylic acids is 1. The van der Waals surface area contributed by atoms with Crippen molar-refractivity contribution in [2.75, 3.05) is 60.5 Å². The number of anilines is 5. The number of nitrogens with one attached hydrogen (secondary N) is 2. The smallest absolute Gasteiger partial charge is 0.247 e. The maximum absolute atomic E-state index is 14.7. The molecule has 1 aromatic heterocycles. The molecule has 1 aliphatic carbocycles. The molecule has 3 aromatic rings. The second-order valence-electron chi connectivity index (χ2n) is 13.8. The maximum atomic E-state index is 14.7. The van der Waals surface area contributed by atoms with Crippen LogP contribution >= 0.6 is 0 Å². The highest BCUT2D eigenvalue weighted by atomic mass is 19.1. The van der Waals surface area contributed by atoms with Gasteiger partial charge >= 0.3 is 0 Å². The summed E-state index contributed by atoms with van der Waals surface area (Å²) in [5, 5.41) is 7.78. The Labute approximate surface area is 292 Å². The fourth-order valence-corrected chi connectivity index (χ4v) is 7.84. The molecular formula is C37H46F2N8O3. The van der Waals surface area contributed by atoms with Crippen LogP contribution < -0.4 is 25.3 Å². The molecule has 13 heteroatoms. The summed E-state index contributed by atoms with van der Waals surface area (Å²) in [6, 6.07) is 10.7. The number of hydrogen-bond donors (Lipinski definition) is 2. The standard InChI is InChI=1S/C37H46F2N8O3/c1-5-37(48)43-30-17-31(42-35-19-36(41-22-40-35)47-32(12-15-50-47)28-16-25(38)6-9-29(28)39)34(49-4)18-33(30)44-13-10-27(11-14-44)46-21-23(2)45(20-24(46)3)26-7-8-26/h5-6,9,16-19,22-24,26-27,32H,1,7-8,10-15,20-21H2,2-4H3,(H,43,48)(H,40,41,42)/t23-,24-,32+/m0/s1. The first-order chi connectivity index (χ1) is 24.2. The van der Waals surface area contributed by atoms with Crippen LogP contribution in [0.5, 0.6) is 5.75 Å². The Morgan fingerprint density at radius 2 is 1.68 bits per heavy atom. The molecule has 3 atom stereocenters. The first kappa shape index (κ1) is 34.1. The average Bonchev–Trinajstić information content (AvgIpc) is 3.85. The quantitative estimate of drug-likeness (QED) is 0.246. The van der Waals surface area contributed by atoms with Crippen molar-refractivity contribution >= 4 is 34.6 Å². The molecule has 0 radical (unpaired) electrons. The van der Waals surface area contributed by atoms with E-state index in [1.165, 1.54) is 36.4 Å². The molecule has 1 saturated carbocycles. The fourth-order valence-electron chi connectivity index (χ4n) is 7.84. The van der Waals surface area contributed by atoms with E-state index in [2.05, 4.69) is 55.7 Å². The zero-order valence-electron chi connectivity index (χ0n) is 28.9. The van der Waals surface area contributed by atoms with E-state index in [1.807, 2.05) is 12.1 Å². The van der Waals surface area contributed by atoms with Crippen molar-refractivity contribution in [3.05, 3.63) is 72.6 Å². The molecule has 2 N–H and O–H groups in total. The molecule has 4 fully saturated rings. The minimum Gasteiger partial charge on any atom is -0.494 e. The van der Waals surface area contributed by atoms with E-state index in [9.17, 15) is 13.6 Å². The van der Waals surface area contributed by atoms with Crippen molar-refractivity contribution in [2.45, 2.75) is 76.2 Å². The van der Waals surface area contributed by atoms with Gasteiger partial charge in [0.1, 0.15) is 29.5 Å². The number of methoxy groups -OCH3 is 1. The minimum absolute atomic E-state index is 0.194. The molecule has 3 aliphatic heterocycles. The molecule has 266 valence electrons. The summed E-state index contributed by atoms with van der Waals surface area (Å²) in [7, 11) is 1.60. The maximum Gasteiger partial charge on any atom is 0.247 e. The Hall–Kier alpha value is -4.33. The van der Waals surface area contributed by atoms with Crippen molar-refractivity contribution in [1.82, 2.24) is 19.8 Å². The van der Waals surface area contributed by atoms with E-state index in [4.69, 9.17) is 9.57 Å². The molecule has 2 aromatic carbocycles. The number of carbonyl (C=O) groups is 1. The average molecular weight is 689 g/mol. The lowest BCUT2D eigenvalue weighted by Gasteiger charge is -2.49. The number of ether oxygens (including phenoxy) is 1. The Kier molecular flexibility index (Phi) is 9.89. The zero-order chi connectivity index (χ0) is 34.9. The van der Waals surface area contributed by atoms with Gasteiger partial charge in [-0.3, -0.25) is 19.4 Å². The first-order valence-corrected chi connectivity index (χ1v) is 17.6. The van der Waals surface area contributed by atoms with E-state index in [1.54, 1.807) is 13.2 Å². The highest BCUT2D eigenvalue weighted by Crippen LogP contribution is 2.41. The third-order valence-corrected chi connectivity index (χ3v) is 10.5. The Bertz CT molecular complexity index is 1720. The summed E-state index contributed by atoms with van der Waals surface area (Å²) < 4.78 is 34.6. The molecule has 3 saturated heterocycles. The molecule has 4 heterocycles. The number of piperazine rings is 1. The van der Waals surface area contributed by atoms with Gasteiger partial charge in [-0.2, -0.15) is 0 Å². The zero-order valence-corrected chi connectivity index (χ0v) is 28.9. The topological polar surface area (TPSA) is 98.3 Å². The highest BCUT2D eigenvalue weighted by Gasteiger charge is 2.40. The predicted molar refractivity (Wildman–Crippen MR) is 190 cm³/mol. The van der Waals surface area contributed by atoms with Gasteiger partial charge in [0.15, 0.2) is 5.82 Å². The fraction of sp³-hybridized carbons (Fsp3) is 0.486. The van der Waals surface area contributed by atoms with Gasteiger partial charge in [0.05, 0.1) is 36.8 Å². The minimum atomic E-state index is -0.564. The number of benzene rings is 2. The van der Waals surface area contributed by atoms with Gasteiger partial charge in [-0.25, -0.2) is 23.8 Å². The summed E-state index contributed by atoms with van der Waals surface area (Å²) in [5.41, 5.74) is 2.26. The van der Waals surface area contributed by atoms with Crippen LogP contribution in [0, 0.1) is 11.6 Å². The van der Waals surface area contributed by atoms with Gasteiger partial charge in [-0.15, -0.1) is 0 Å².